The van der Waals surface area contributed by atoms with Gasteiger partial charge in [0.05, 0.1) is 11.7 Å². The Balaban J connectivity index is 1.80. The lowest BCUT2D eigenvalue weighted by molar-refractivity contribution is -0.154. The summed E-state index contributed by atoms with van der Waals surface area (Å²) in [5.74, 6) is -1.16. The first-order valence-electron chi connectivity index (χ1n) is 15.6. The molecule has 1 aromatic heterocycles. The fraction of sp³-hybridized carbons (Fsp3) is 0.378. The summed E-state index contributed by atoms with van der Waals surface area (Å²) in [6.45, 7) is 12.3. The highest BCUT2D eigenvalue weighted by molar-refractivity contribution is 5.94. The van der Waals surface area contributed by atoms with Crippen LogP contribution in [0.3, 0.4) is 0 Å². The zero-order valence-electron chi connectivity index (χ0n) is 27.5. The smallest absolute Gasteiger partial charge is 0.306 e. The van der Waals surface area contributed by atoms with E-state index in [2.05, 4.69) is 0 Å². The van der Waals surface area contributed by atoms with E-state index < -0.39 is 28.7 Å². The number of hydrogen-bond donors (Lipinski definition) is 1. The van der Waals surface area contributed by atoms with Crippen molar-refractivity contribution in [1.29, 1.82) is 0 Å². The summed E-state index contributed by atoms with van der Waals surface area (Å²) in [5.41, 5.74) is 7.07. The third kappa shape index (κ3) is 9.02. The largest absolute Gasteiger partial charge is 0.460 e. The second-order valence-electron chi connectivity index (χ2n) is 13.7. The van der Waals surface area contributed by atoms with Crippen LogP contribution in [0.2, 0.25) is 0 Å². The standard InChI is InChI=1S/C37H44F2N4O3/c1-36(2,3)33(43(35(45)26-15-18-28(40)19-16-26)21-11-10-14-32(44)46-37(4,5)6)34-41-31(29-22-27(38)17-20-30(29)39)24-42(34)23-25-12-8-7-9-13-25/h7-9,12-13,15-20,22,24,33H,10-11,14,21,23,40H2,1-6H3/t33-/m0/s1. The molecule has 0 radical (unpaired) electrons. The van der Waals surface area contributed by atoms with E-state index in [1.807, 2.05) is 76.4 Å². The summed E-state index contributed by atoms with van der Waals surface area (Å²) in [7, 11) is 0. The van der Waals surface area contributed by atoms with Crippen LogP contribution < -0.4 is 5.73 Å². The Kier molecular flexibility index (Phi) is 10.7. The first-order valence-corrected chi connectivity index (χ1v) is 15.6. The molecule has 4 rings (SSSR count). The number of benzene rings is 3. The maximum atomic E-state index is 15.0. The van der Waals surface area contributed by atoms with Gasteiger partial charge in [-0.05, 0) is 87.1 Å². The molecule has 2 N–H and O–H groups in total. The summed E-state index contributed by atoms with van der Waals surface area (Å²) in [5, 5.41) is 0. The molecular weight excluding hydrogens is 586 g/mol. The van der Waals surface area contributed by atoms with E-state index in [4.69, 9.17) is 15.5 Å². The predicted octanol–water partition coefficient (Wildman–Crippen LogP) is 8.20. The monoisotopic (exact) mass is 630 g/mol. The molecule has 4 aromatic rings. The summed E-state index contributed by atoms with van der Waals surface area (Å²) >= 11 is 0. The van der Waals surface area contributed by atoms with Crippen molar-refractivity contribution >= 4 is 17.6 Å². The van der Waals surface area contributed by atoms with Crippen molar-refractivity contribution in [2.24, 2.45) is 5.41 Å². The van der Waals surface area contributed by atoms with E-state index in [1.54, 1.807) is 35.4 Å². The van der Waals surface area contributed by atoms with E-state index in [0.717, 1.165) is 23.8 Å². The van der Waals surface area contributed by atoms with Crippen LogP contribution in [0.5, 0.6) is 0 Å². The van der Waals surface area contributed by atoms with Crippen LogP contribution in [0.25, 0.3) is 11.3 Å². The van der Waals surface area contributed by atoms with Crippen molar-refractivity contribution in [3.05, 3.63) is 108 Å². The molecule has 46 heavy (non-hydrogen) atoms. The molecule has 0 bridgehead atoms. The molecule has 0 spiro atoms. The normalized spacial score (nSPS) is 12.5. The Labute approximate surface area is 270 Å². The first kappa shape index (κ1) is 34.3. The predicted molar refractivity (Wildman–Crippen MR) is 177 cm³/mol. The lowest BCUT2D eigenvalue weighted by Crippen LogP contribution is -2.43. The van der Waals surface area contributed by atoms with E-state index in [-0.39, 0.29) is 29.6 Å². The number of nitrogens with two attached hydrogens (primary N) is 1. The van der Waals surface area contributed by atoms with Crippen molar-refractivity contribution in [3.63, 3.8) is 0 Å². The summed E-state index contributed by atoms with van der Waals surface area (Å²) in [6.07, 6.45) is 2.97. The molecule has 0 unspecified atom stereocenters. The summed E-state index contributed by atoms with van der Waals surface area (Å²) < 4.78 is 36.7. The Bertz CT molecular complexity index is 1640. The lowest BCUT2D eigenvalue weighted by Gasteiger charge is -2.40. The molecule has 7 nitrogen and oxygen atoms in total. The van der Waals surface area contributed by atoms with Crippen LogP contribution in [0.4, 0.5) is 14.5 Å². The SMILES string of the molecule is CC(C)(C)OC(=O)CCCCN(C(=O)c1ccc(N)cc1)[C@@H](c1nc(-c2cc(F)ccc2F)cn1Cc1ccccc1)C(C)(C)C. The van der Waals surface area contributed by atoms with Gasteiger partial charge >= 0.3 is 5.97 Å². The Morgan fingerprint density at radius 2 is 1.61 bits per heavy atom. The van der Waals surface area contributed by atoms with Crippen molar-refractivity contribution in [2.75, 3.05) is 12.3 Å². The molecule has 1 atom stereocenters. The highest BCUT2D eigenvalue weighted by Crippen LogP contribution is 2.40. The van der Waals surface area contributed by atoms with Gasteiger partial charge in [-0.2, -0.15) is 0 Å². The zero-order valence-corrected chi connectivity index (χ0v) is 27.5. The Morgan fingerprint density at radius 1 is 0.935 bits per heavy atom. The molecule has 0 aliphatic heterocycles. The number of halogens is 2. The lowest BCUT2D eigenvalue weighted by atomic mass is 9.84. The third-order valence-electron chi connectivity index (χ3n) is 7.45. The second kappa shape index (κ2) is 14.3. The number of imidazole rings is 1. The minimum absolute atomic E-state index is 0.0366. The molecule has 0 aliphatic carbocycles. The Hall–Kier alpha value is -4.53. The number of esters is 1. The zero-order chi connectivity index (χ0) is 33.6. The number of nitrogen functional groups attached to an aromatic ring is 1. The van der Waals surface area contributed by atoms with E-state index in [0.29, 0.717) is 43.0 Å². The van der Waals surface area contributed by atoms with E-state index >= 15 is 4.39 Å². The van der Waals surface area contributed by atoms with Gasteiger partial charge in [0, 0.05) is 42.5 Å². The number of unbranched alkanes of at least 4 members (excludes halogenated alkanes) is 1. The maximum Gasteiger partial charge on any atom is 0.306 e. The van der Waals surface area contributed by atoms with Crippen LogP contribution in [0.1, 0.15) is 88.6 Å². The molecular formula is C37H44F2N4O3. The van der Waals surface area contributed by atoms with Gasteiger partial charge in [0.1, 0.15) is 23.1 Å². The molecule has 3 aromatic carbocycles. The molecule has 244 valence electrons. The maximum absolute atomic E-state index is 15.0. The van der Waals surface area contributed by atoms with Crippen LogP contribution in [0.15, 0.2) is 79.0 Å². The van der Waals surface area contributed by atoms with Crippen LogP contribution in [0, 0.1) is 17.0 Å². The highest BCUT2D eigenvalue weighted by Gasteiger charge is 2.38. The number of carbonyl (C=O) groups is 2. The molecule has 0 fully saturated rings. The molecule has 0 saturated heterocycles. The van der Waals surface area contributed by atoms with Gasteiger partial charge in [-0.15, -0.1) is 0 Å². The van der Waals surface area contributed by atoms with Crippen LogP contribution >= 0.6 is 0 Å². The Morgan fingerprint density at radius 3 is 2.24 bits per heavy atom. The van der Waals surface area contributed by atoms with Crippen LogP contribution in [-0.2, 0) is 16.1 Å². The number of ether oxygens (including phenoxy) is 1. The van der Waals surface area contributed by atoms with E-state index in [1.165, 1.54) is 0 Å². The topological polar surface area (TPSA) is 90.4 Å². The van der Waals surface area contributed by atoms with Gasteiger partial charge in [0.2, 0.25) is 0 Å². The molecule has 1 heterocycles. The number of nitrogens with zero attached hydrogens (tertiary/aromatic N) is 3. The van der Waals surface area contributed by atoms with Crippen molar-refractivity contribution in [1.82, 2.24) is 14.5 Å². The van der Waals surface area contributed by atoms with Crippen molar-refractivity contribution in [2.45, 2.75) is 79.0 Å². The quantitative estimate of drug-likeness (QED) is 0.103. The molecule has 0 aliphatic rings. The van der Waals surface area contributed by atoms with Gasteiger partial charge in [0.15, 0.2) is 0 Å². The van der Waals surface area contributed by atoms with Gasteiger partial charge in [-0.3, -0.25) is 9.59 Å². The van der Waals surface area contributed by atoms with Gasteiger partial charge in [0.25, 0.3) is 5.91 Å². The number of rotatable bonds is 11. The minimum atomic E-state index is -0.596. The average molecular weight is 631 g/mol. The number of carbonyl (C=O) groups excluding carboxylic acids is 2. The average Bonchev–Trinajstić information content (AvgIpc) is 3.37. The van der Waals surface area contributed by atoms with Crippen molar-refractivity contribution in [3.8, 4) is 11.3 Å². The minimum Gasteiger partial charge on any atom is -0.460 e. The van der Waals surface area contributed by atoms with Gasteiger partial charge < -0.3 is 19.9 Å². The van der Waals surface area contributed by atoms with Crippen molar-refractivity contribution < 1.29 is 23.1 Å². The number of anilines is 1. The second-order valence-corrected chi connectivity index (χ2v) is 13.7. The van der Waals surface area contributed by atoms with Gasteiger partial charge in [-0.25, -0.2) is 13.8 Å². The van der Waals surface area contributed by atoms with E-state index in [9.17, 15) is 14.0 Å². The summed E-state index contributed by atoms with van der Waals surface area (Å²) in [6, 6.07) is 19.2. The summed E-state index contributed by atoms with van der Waals surface area (Å²) in [4.78, 5) is 33.4. The number of amides is 1. The highest BCUT2D eigenvalue weighted by atomic mass is 19.1. The molecule has 0 saturated carbocycles. The van der Waals surface area contributed by atoms with Crippen LogP contribution in [-0.4, -0.2) is 38.5 Å². The molecule has 1 amide bonds. The first-order chi connectivity index (χ1) is 21.6. The fourth-order valence-electron chi connectivity index (χ4n) is 5.46. The molecule has 9 heteroatoms. The third-order valence-corrected chi connectivity index (χ3v) is 7.45. The number of hydrogen-bond acceptors (Lipinski definition) is 5. The number of aromatic nitrogens is 2. The van der Waals surface area contributed by atoms with Gasteiger partial charge in [-0.1, -0.05) is 51.1 Å². The fourth-order valence-corrected chi connectivity index (χ4v) is 5.46.